The van der Waals surface area contributed by atoms with E-state index in [0.717, 1.165) is 26.1 Å². The minimum absolute atomic E-state index is 0.664. The van der Waals surface area contributed by atoms with E-state index in [9.17, 15) is 0 Å². The molecule has 0 fully saturated rings. The number of nitrogens with zero attached hydrogens (tertiary/aromatic N) is 2. The molecule has 3 nitrogen and oxygen atoms in total. The van der Waals surface area contributed by atoms with Crippen LogP contribution < -0.4 is 10.2 Å². The molecule has 0 saturated heterocycles. The van der Waals surface area contributed by atoms with Crippen molar-refractivity contribution >= 4 is 16.5 Å². The zero-order valence-electron chi connectivity index (χ0n) is 11.7. The van der Waals surface area contributed by atoms with Gasteiger partial charge in [-0.2, -0.15) is 0 Å². The number of rotatable bonds is 7. The van der Waals surface area contributed by atoms with E-state index in [0.29, 0.717) is 5.92 Å². The highest BCUT2D eigenvalue weighted by Gasteiger charge is 2.14. The van der Waals surface area contributed by atoms with Gasteiger partial charge in [-0.25, -0.2) is 4.98 Å². The van der Waals surface area contributed by atoms with Crippen molar-refractivity contribution < 1.29 is 0 Å². The molecule has 1 aromatic heterocycles. The van der Waals surface area contributed by atoms with Gasteiger partial charge in [-0.05, 0) is 33.2 Å². The fourth-order valence-electron chi connectivity index (χ4n) is 1.84. The molecule has 98 valence electrons. The lowest BCUT2D eigenvalue weighted by atomic mass is 10.1. The van der Waals surface area contributed by atoms with Crippen LogP contribution in [0.3, 0.4) is 0 Å². The second-order valence-corrected chi connectivity index (χ2v) is 5.73. The van der Waals surface area contributed by atoms with E-state index in [1.165, 1.54) is 15.7 Å². The van der Waals surface area contributed by atoms with Crippen molar-refractivity contribution in [2.45, 2.75) is 40.7 Å². The quantitative estimate of drug-likeness (QED) is 0.812. The lowest BCUT2D eigenvalue weighted by molar-refractivity contribution is 0.630. The van der Waals surface area contributed by atoms with Crippen molar-refractivity contribution in [3.8, 4) is 0 Å². The molecule has 0 amide bonds. The zero-order chi connectivity index (χ0) is 12.8. The van der Waals surface area contributed by atoms with Crippen LogP contribution in [0.1, 0.15) is 38.3 Å². The molecule has 0 aromatic carbocycles. The average Bonchev–Trinajstić information content (AvgIpc) is 2.63. The summed E-state index contributed by atoms with van der Waals surface area (Å²) < 4.78 is 0. The van der Waals surface area contributed by atoms with E-state index in [4.69, 9.17) is 4.98 Å². The molecule has 4 heteroatoms. The predicted molar refractivity (Wildman–Crippen MR) is 77.0 cm³/mol. The molecule has 1 rings (SSSR count). The molecule has 0 aliphatic rings. The minimum atomic E-state index is 0.664. The molecule has 0 bridgehead atoms. The number of anilines is 1. The summed E-state index contributed by atoms with van der Waals surface area (Å²) in [6.45, 7) is 11.9. The number of hydrogen-bond acceptors (Lipinski definition) is 4. The third-order valence-electron chi connectivity index (χ3n) is 2.74. The van der Waals surface area contributed by atoms with E-state index in [1.54, 1.807) is 0 Å². The van der Waals surface area contributed by atoms with Crippen LogP contribution in [0.2, 0.25) is 0 Å². The molecule has 0 aliphatic carbocycles. The molecule has 1 aromatic rings. The summed E-state index contributed by atoms with van der Waals surface area (Å²) in [5, 5.41) is 4.41. The normalized spacial score (nSPS) is 11.2. The Morgan fingerprint density at radius 1 is 1.29 bits per heavy atom. The molecule has 0 radical (unpaired) electrons. The molecule has 0 saturated carbocycles. The second kappa shape index (κ2) is 6.97. The van der Waals surface area contributed by atoms with Crippen molar-refractivity contribution in [2.75, 3.05) is 25.0 Å². The molecule has 0 spiro atoms. The maximum absolute atomic E-state index is 4.82. The summed E-state index contributed by atoms with van der Waals surface area (Å²) >= 11 is 1.84. The maximum Gasteiger partial charge on any atom is 0.185 e. The van der Waals surface area contributed by atoms with Gasteiger partial charge in [0.2, 0.25) is 0 Å². The zero-order valence-corrected chi connectivity index (χ0v) is 12.5. The van der Waals surface area contributed by atoms with Gasteiger partial charge in [0, 0.05) is 24.5 Å². The number of aromatic nitrogens is 1. The Hall–Kier alpha value is -0.610. The second-order valence-electron chi connectivity index (χ2n) is 4.67. The van der Waals surface area contributed by atoms with Gasteiger partial charge in [-0.1, -0.05) is 13.8 Å². The van der Waals surface area contributed by atoms with Gasteiger partial charge in [0.05, 0.1) is 5.69 Å². The summed E-state index contributed by atoms with van der Waals surface area (Å²) in [4.78, 5) is 8.53. The standard InChI is InChI=1S/C13H25N3S/c1-6-16(7-2)13-15-11(8-10(3)4)12(17-13)9-14-5/h10,14H,6-9H2,1-5H3. The van der Waals surface area contributed by atoms with E-state index in [1.807, 2.05) is 18.4 Å². The summed E-state index contributed by atoms with van der Waals surface area (Å²) in [5.74, 6) is 0.664. The van der Waals surface area contributed by atoms with Crippen molar-refractivity contribution in [3.05, 3.63) is 10.6 Å². The fourth-order valence-corrected chi connectivity index (χ4v) is 3.07. The number of hydrogen-bond donors (Lipinski definition) is 1. The van der Waals surface area contributed by atoms with E-state index in [2.05, 4.69) is 37.9 Å². The Balaban J connectivity index is 2.93. The van der Waals surface area contributed by atoms with Crippen LogP contribution >= 0.6 is 11.3 Å². The molecule has 17 heavy (non-hydrogen) atoms. The third kappa shape index (κ3) is 3.96. The summed E-state index contributed by atoms with van der Waals surface area (Å²) in [6, 6.07) is 0. The van der Waals surface area contributed by atoms with Crippen molar-refractivity contribution in [2.24, 2.45) is 5.92 Å². The largest absolute Gasteiger partial charge is 0.349 e. The highest BCUT2D eigenvalue weighted by Crippen LogP contribution is 2.27. The summed E-state index contributed by atoms with van der Waals surface area (Å²) in [5.41, 5.74) is 1.28. The van der Waals surface area contributed by atoms with Gasteiger partial charge in [0.25, 0.3) is 0 Å². The van der Waals surface area contributed by atoms with E-state index >= 15 is 0 Å². The smallest absolute Gasteiger partial charge is 0.185 e. The Kier molecular flexibility index (Phi) is 5.92. The van der Waals surface area contributed by atoms with Gasteiger partial charge < -0.3 is 10.2 Å². The first kappa shape index (κ1) is 14.5. The van der Waals surface area contributed by atoms with Crippen LogP contribution in [0.4, 0.5) is 5.13 Å². The molecular weight excluding hydrogens is 230 g/mol. The van der Waals surface area contributed by atoms with Crippen LogP contribution in [-0.4, -0.2) is 25.1 Å². The number of thiazole rings is 1. The molecule has 0 aliphatic heterocycles. The van der Waals surface area contributed by atoms with Crippen molar-refractivity contribution in [1.29, 1.82) is 0 Å². The summed E-state index contributed by atoms with van der Waals surface area (Å²) in [6.07, 6.45) is 1.08. The van der Waals surface area contributed by atoms with Crippen LogP contribution in [0.5, 0.6) is 0 Å². The maximum atomic E-state index is 4.82. The van der Waals surface area contributed by atoms with E-state index in [-0.39, 0.29) is 0 Å². The highest BCUT2D eigenvalue weighted by atomic mass is 32.1. The van der Waals surface area contributed by atoms with E-state index < -0.39 is 0 Å². The Morgan fingerprint density at radius 3 is 2.41 bits per heavy atom. The lowest BCUT2D eigenvalue weighted by Crippen LogP contribution is -2.21. The van der Waals surface area contributed by atoms with Gasteiger partial charge in [0.1, 0.15) is 0 Å². The molecule has 0 atom stereocenters. The van der Waals surface area contributed by atoms with Crippen LogP contribution in [0.25, 0.3) is 0 Å². The van der Waals surface area contributed by atoms with Crippen molar-refractivity contribution in [1.82, 2.24) is 10.3 Å². The third-order valence-corrected chi connectivity index (χ3v) is 3.90. The molecular formula is C13H25N3S. The Labute approximate surface area is 109 Å². The van der Waals surface area contributed by atoms with Gasteiger partial charge in [0.15, 0.2) is 5.13 Å². The first-order chi connectivity index (χ1) is 8.12. The topological polar surface area (TPSA) is 28.2 Å². The first-order valence-electron chi connectivity index (χ1n) is 6.50. The Morgan fingerprint density at radius 2 is 1.94 bits per heavy atom. The Bertz CT molecular complexity index is 329. The van der Waals surface area contributed by atoms with Gasteiger partial charge in [-0.3, -0.25) is 0 Å². The van der Waals surface area contributed by atoms with Crippen LogP contribution in [0.15, 0.2) is 0 Å². The first-order valence-corrected chi connectivity index (χ1v) is 7.32. The minimum Gasteiger partial charge on any atom is -0.349 e. The monoisotopic (exact) mass is 255 g/mol. The SMILES string of the molecule is CCN(CC)c1nc(CC(C)C)c(CNC)s1. The fraction of sp³-hybridized carbons (Fsp3) is 0.769. The van der Waals surface area contributed by atoms with Gasteiger partial charge >= 0.3 is 0 Å². The molecule has 1 N–H and O–H groups in total. The van der Waals surface area contributed by atoms with Crippen LogP contribution in [0, 0.1) is 5.92 Å². The lowest BCUT2D eigenvalue weighted by Gasteiger charge is -2.16. The molecule has 1 heterocycles. The molecule has 0 unspecified atom stereocenters. The van der Waals surface area contributed by atoms with Crippen molar-refractivity contribution in [3.63, 3.8) is 0 Å². The predicted octanol–water partition coefficient (Wildman–Crippen LogP) is 2.91. The average molecular weight is 255 g/mol. The summed E-state index contributed by atoms with van der Waals surface area (Å²) in [7, 11) is 2.00. The number of nitrogens with one attached hydrogen (secondary N) is 1. The van der Waals surface area contributed by atoms with Crippen LogP contribution in [-0.2, 0) is 13.0 Å². The highest BCUT2D eigenvalue weighted by molar-refractivity contribution is 7.15. The van der Waals surface area contributed by atoms with Gasteiger partial charge in [-0.15, -0.1) is 11.3 Å².